The molecule has 0 atom stereocenters. The summed E-state index contributed by atoms with van der Waals surface area (Å²) in [7, 11) is 0. The van der Waals surface area contributed by atoms with E-state index in [9.17, 15) is 14.4 Å². The lowest BCUT2D eigenvalue weighted by molar-refractivity contribution is 0.0697. The second kappa shape index (κ2) is 5.33. The summed E-state index contributed by atoms with van der Waals surface area (Å²) in [6.45, 7) is 0.243. The van der Waals surface area contributed by atoms with Crippen molar-refractivity contribution in [2.75, 3.05) is 0 Å². The number of hydrogen-bond donors (Lipinski definition) is 2. The van der Waals surface area contributed by atoms with Crippen LogP contribution in [0.2, 0.25) is 0 Å². The molecule has 3 rings (SSSR count). The van der Waals surface area contributed by atoms with Crippen molar-refractivity contribution in [1.82, 2.24) is 9.55 Å². The van der Waals surface area contributed by atoms with Gasteiger partial charge in [-0.25, -0.2) is 4.79 Å². The molecule has 0 unspecified atom stereocenters. The molecule has 0 saturated carbocycles. The molecule has 0 bridgehead atoms. The molecule has 22 heavy (non-hydrogen) atoms. The SMILES string of the molecule is O=C(O)c1ccc2c(c1)[nH]c(=O)c(=O)n2Cc1ccccc1. The second-order valence-electron chi connectivity index (χ2n) is 4.87. The summed E-state index contributed by atoms with van der Waals surface area (Å²) >= 11 is 0. The molecule has 3 aromatic rings. The van der Waals surface area contributed by atoms with Crippen LogP contribution >= 0.6 is 0 Å². The summed E-state index contributed by atoms with van der Waals surface area (Å²) in [5.41, 5.74) is 0.288. The molecule has 6 nitrogen and oxygen atoms in total. The number of nitrogens with zero attached hydrogens (tertiary/aromatic N) is 1. The van der Waals surface area contributed by atoms with Crippen LogP contribution in [0.3, 0.4) is 0 Å². The first-order valence-corrected chi connectivity index (χ1v) is 6.60. The minimum absolute atomic E-state index is 0.0491. The molecule has 6 heteroatoms. The van der Waals surface area contributed by atoms with E-state index < -0.39 is 17.1 Å². The Balaban J connectivity index is 2.24. The summed E-state index contributed by atoms with van der Waals surface area (Å²) in [6, 6.07) is 13.5. The number of benzene rings is 2. The number of H-pyrrole nitrogens is 1. The number of carboxylic acids is 1. The van der Waals surface area contributed by atoms with E-state index in [1.54, 1.807) is 0 Å². The largest absolute Gasteiger partial charge is 0.478 e. The third-order valence-electron chi connectivity index (χ3n) is 3.41. The van der Waals surface area contributed by atoms with Gasteiger partial charge >= 0.3 is 17.1 Å². The molecular weight excluding hydrogens is 284 g/mol. The first kappa shape index (κ1) is 13.8. The van der Waals surface area contributed by atoms with Gasteiger partial charge < -0.3 is 10.1 Å². The smallest absolute Gasteiger partial charge is 0.335 e. The van der Waals surface area contributed by atoms with Crippen LogP contribution < -0.4 is 11.1 Å². The van der Waals surface area contributed by atoms with Crippen LogP contribution in [0.5, 0.6) is 0 Å². The van der Waals surface area contributed by atoms with E-state index in [4.69, 9.17) is 5.11 Å². The fourth-order valence-corrected chi connectivity index (χ4v) is 2.34. The zero-order valence-corrected chi connectivity index (χ0v) is 11.4. The molecule has 0 amide bonds. The molecule has 0 aliphatic carbocycles. The zero-order chi connectivity index (χ0) is 15.7. The highest BCUT2D eigenvalue weighted by Gasteiger charge is 2.11. The summed E-state index contributed by atoms with van der Waals surface area (Å²) in [4.78, 5) is 37.3. The number of rotatable bonds is 3. The van der Waals surface area contributed by atoms with Crippen LogP contribution in [0.15, 0.2) is 58.1 Å². The Labute approximate surface area is 124 Å². The van der Waals surface area contributed by atoms with Gasteiger partial charge in [0.1, 0.15) is 0 Å². The van der Waals surface area contributed by atoms with Crippen LogP contribution in [0.25, 0.3) is 11.0 Å². The van der Waals surface area contributed by atoms with E-state index in [1.807, 2.05) is 30.3 Å². The molecule has 2 aromatic carbocycles. The Hall–Kier alpha value is -3.15. The van der Waals surface area contributed by atoms with Gasteiger partial charge in [-0.3, -0.25) is 14.2 Å². The van der Waals surface area contributed by atoms with Crippen molar-refractivity contribution in [3.05, 3.63) is 80.4 Å². The third kappa shape index (κ3) is 2.42. The van der Waals surface area contributed by atoms with Gasteiger partial charge in [0.25, 0.3) is 0 Å². The number of carbonyl (C=O) groups is 1. The van der Waals surface area contributed by atoms with E-state index in [1.165, 1.54) is 22.8 Å². The Morgan fingerprint density at radius 1 is 1.09 bits per heavy atom. The average molecular weight is 296 g/mol. The number of fused-ring (bicyclic) bond motifs is 1. The zero-order valence-electron chi connectivity index (χ0n) is 11.4. The predicted molar refractivity (Wildman–Crippen MR) is 81.3 cm³/mol. The number of aromatic carboxylic acids is 1. The quantitative estimate of drug-likeness (QED) is 0.715. The van der Waals surface area contributed by atoms with Gasteiger partial charge in [0.05, 0.1) is 23.1 Å². The average Bonchev–Trinajstić information content (AvgIpc) is 2.52. The summed E-state index contributed by atoms with van der Waals surface area (Å²) < 4.78 is 1.34. The molecule has 0 aliphatic heterocycles. The Kier molecular flexibility index (Phi) is 3.34. The van der Waals surface area contributed by atoms with Crippen LogP contribution in [0.1, 0.15) is 15.9 Å². The Morgan fingerprint density at radius 3 is 2.50 bits per heavy atom. The molecule has 0 radical (unpaired) electrons. The van der Waals surface area contributed by atoms with Crippen molar-refractivity contribution in [1.29, 1.82) is 0 Å². The lowest BCUT2D eigenvalue weighted by Gasteiger charge is -2.10. The summed E-state index contributed by atoms with van der Waals surface area (Å²) in [5, 5.41) is 9.01. The first-order valence-electron chi connectivity index (χ1n) is 6.60. The van der Waals surface area contributed by atoms with Gasteiger partial charge in [-0.1, -0.05) is 30.3 Å². The third-order valence-corrected chi connectivity index (χ3v) is 3.41. The maximum Gasteiger partial charge on any atom is 0.335 e. The maximum atomic E-state index is 12.1. The summed E-state index contributed by atoms with van der Waals surface area (Å²) in [5.74, 6) is -1.09. The molecule has 1 aromatic heterocycles. The van der Waals surface area contributed by atoms with Gasteiger partial charge in [-0.15, -0.1) is 0 Å². The maximum absolute atomic E-state index is 12.1. The molecule has 2 N–H and O–H groups in total. The van der Waals surface area contributed by atoms with E-state index in [0.717, 1.165) is 5.56 Å². The summed E-state index contributed by atoms with van der Waals surface area (Å²) in [6.07, 6.45) is 0. The standard InChI is InChI=1S/C16H12N2O4/c19-14-15(20)18(9-10-4-2-1-3-5-10)13-7-6-11(16(21)22)8-12(13)17-14/h1-8H,9H2,(H,17,19)(H,21,22). The van der Waals surface area contributed by atoms with E-state index in [0.29, 0.717) is 11.0 Å². The molecule has 110 valence electrons. The fraction of sp³-hybridized carbons (Fsp3) is 0.0625. The van der Waals surface area contributed by atoms with Crippen molar-refractivity contribution in [3.63, 3.8) is 0 Å². The van der Waals surface area contributed by atoms with Gasteiger partial charge in [-0.05, 0) is 23.8 Å². The van der Waals surface area contributed by atoms with Gasteiger partial charge in [0, 0.05) is 0 Å². The topological polar surface area (TPSA) is 92.2 Å². The highest BCUT2D eigenvalue weighted by molar-refractivity contribution is 5.92. The number of hydrogen-bond acceptors (Lipinski definition) is 3. The number of aromatic amines is 1. The minimum Gasteiger partial charge on any atom is -0.478 e. The van der Waals surface area contributed by atoms with Gasteiger partial charge in [0.2, 0.25) is 0 Å². The van der Waals surface area contributed by atoms with Crippen molar-refractivity contribution in [3.8, 4) is 0 Å². The fourth-order valence-electron chi connectivity index (χ4n) is 2.34. The number of carboxylic acid groups (broad SMARTS) is 1. The Morgan fingerprint density at radius 2 is 1.82 bits per heavy atom. The van der Waals surface area contributed by atoms with Crippen LogP contribution in [-0.2, 0) is 6.54 Å². The van der Waals surface area contributed by atoms with E-state index in [-0.39, 0.29) is 12.1 Å². The predicted octanol–water partition coefficient (Wildman–Crippen LogP) is 1.44. The van der Waals surface area contributed by atoms with Crippen LogP contribution in [-0.4, -0.2) is 20.6 Å². The van der Waals surface area contributed by atoms with Crippen LogP contribution in [0.4, 0.5) is 0 Å². The highest BCUT2D eigenvalue weighted by atomic mass is 16.4. The lowest BCUT2D eigenvalue weighted by Crippen LogP contribution is -2.36. The monoisotopic (exact) mass is 296 g/mol. The van der Waals surface area contributed by atoms with Crippen molar-refractivity contribution >= 4 is 17.0 Å². The highest BCUT2D eigenvalue weighted by Crippen LogP contribution is 2.13. The number of aromatic nitrogens is 2. The van der Waals surface area contributed by atoms with E-state index in [2.05, 4.69) is 4.98 Å². The molecule has 0 aliphatic rings. The number of nitrogens with one attached hydrogen (secondary N) is 1. The minimum atomic E-state index is -1.09. The lowest BCUT2D eigenvalue weighted by atomic mass is 10.1. The molecular formula is C16H12N2O4. The molecule has 0 saturated heterocycles. The van der Waals surface area contributed by atoms with Crippen molar-refractivity contribution in [2.45, 2.75) is 6.54 Å². The van der Waals surface area contributed by atoms with E-state index >= 15 is 0 Å². The molecule has 0 fully saturated rings. The molecule has 1 heterocycles. The van der Waals surface area contributed by atoms with Crippen molar-refractivity contribution < 1.29 is 9.90 Å². The van der Waals surface area contributed by atoms with Gasteiger partial charge in [-0.2, -0.15) is 0 Å². The van der Waals surface area contributed by atoms with Gasteiger partial charge in [0.15, 0.2) is 0 Å². The Bertz CT molecular complexity index is 971. The second-order valence-corrected chi connectivity index (χ2v) is 4.87. The first-order chi connectivity index (χ1) is 10.6. The van der Waals surface area contributed by atoms with Crippen molar-refractivity contribution in [2.24, 2.45) is 0 Å². The normalized spacial score (nSPS) is 10.7. The van der Waals surface area contributed by atoms with Crippen LogP contribution in [0, 0.1) is 0 Å². The molecule has 0 spiro atoms.